The van der Waals surface area contributed by atoms with Gasteiger partial charge in [0.1, 0.15) is 0 Å². The lowest BCUT2D eigenvalue weighted by atomic mass is 9.88. The number of thioether (sulfide) groups is 2. The van der Waals surface area contributed by atoms with Gasteiger partial charge in [-0.05, 0) is 43.9 Å². The van der Waals surface area contributed by atoms with Crippen molar-refractivity contribution in [1.29, 1.82) is 0 Å². The fourth-order valence-corrected chi connectivity index (χ4v) is 7.51. The Morgan fingerprint density at radius 2 is 1.42 bits per heavy atom. The highest BCUT2D eigenvalue weighted by Crippen LogP contribution is 2.35. The Kier molecular flexibility index (Phi) is 20.1. The summed E-state index contributed by atoms with van der Waals surface area (Å²) in [5.74, 6) is -0.157. The third kappa shape index (κ3) is 22.4. The number of hydrogen-bond acceptors (Lipinski definition) is 12. The molecule has 0 spiro atoms. The van der Waals surface area contributed by atoms with Crippen molar-refractivity contribution in [2.24, 2.45) is 5.41 Å². The summed E-state index contributed by atoms with van der Waals surface area (Å²) in [7, 11) is -3.57. The highest BCUT2D eigenvalue weighted by Gasteiger charge is 2.38. The van der Waals surface area contributed by atoms with E-state index in [4.69, 9.17) is 14.2 Å². The molecule has 0 amide bonds. The van der Waals surface area contributed by atoms with Crippen LogP contribution in [-0.4, -0.2) is 96.3 Å². The van der Waals surface area contributed by atoms with Crippen LogP contribution >= 0.6 is 35.5 Å². The van der Waals surface area contributed by atoms with Gasteiger partial charge in [-0.1, -0.05) is 20.8 Å². The quantitative estimate of drug-likeness (QED) is 0.0600. The highest BCUT2D eigenvalue weighted by molar-refractivity contribution is 8.08. The molecule has 1 atom stereocenters. The lowest BCUT2D eigenvalue weighted by molar-refractivity contribution is -0.145. The van der Waals surface area contributed by atoms with Gasteiger partial charge in [-0.15, -0.1) is 11.8 Å². The standard InChI is InChI=1S/C26H46F3NO9S4/c1-24(2,3)23(33)20(19-22(32)38-12-8-9-14-39-25(4,5)6)41-17-16-40-15-11-21(31)37-13-10-18-43(34,35)30(36-7)42-26(27,28)29/h20H,8-19H2,1-7H3. The molecule has 10 nitrogen and oxygen atoms in total. The third-order valence-electron chi connectivity index (χ3n) is 5.08. The van der Waals surface area contributed by atoms with Crippen LogP contribution in [0, 0.1) is 5.41 Å². The Labute approximate surface area is 266 Å². The fourth-order valence-electron chi connectivity index (χ4n) is 3.06. The molecule has 0 heterocycles. The molecule has 0 radical (unpaired) electrons. The molecule has 43 heavy (non-hydrogen) atoms. The summed E-state index contributed by atoms with van der Waals surface area (Å²) < 4.78 is 77.0. The number of ether oxygens (including phenoxy) is 3. The molecule has 0 aromatic carbocycles. The summed E-state index contributed by atoms with van der Waals surface area (Å²) in [6.45, 7) is 11.9. The summed E-state index contributed by atoms with van der Waals surface area (Å²) in [5.41, 5.74) is -5.69. The van der Waals surface area contributed by atoms with Gasteiger partial charge in [-0.3, -0.25) is 19.2 Å². The molecule has 0 bridgehead atoms. The average molecular weight is 702 g/mol. The number of halogens is 3. The lowest BCUT2D eigenvalue weighted by Crippen LogP contribution is -2.33. The largest absolute Gasteiger partial charge is 0.466 e. The number of nitrogens with zero attached hydrogens (tertiary/aromatic N) is 1. The lowest BCUT2D eigenvalue weighted by Gasteiger charge is -2.24. The Hall–Kier alpha value is -0.720. The van der Waals surface area contributed by atoms with Crippen LogP contribution in [0.2, 0.25) is 0 Å². The monoisotopic (exact) mass is 701 g/mol. The van der Waals surface area contributed by atoms with Gasteiger partial charge in [0.25, 0.3) is 0 Å². The first kappa shape index (κ1) is 42.3. The van der Waals surface area contributed by atoms with E-state index in [9.17, 15) is 36.0 Å². The van der Waals surface area contributed by atoms with E-state index < -0.39 is 55.8 Å². The minimum atomic E-state index is -4.84. The van der Waals surface area contributed by atoms with Crippen molar-refractivity contribution >= 4 is 63.2 Å². The van der Waals surface area contributed by atoms with Crippen molar-refractivity contribution in [2.45, 2.75) is 90.0 Å². The smallest absolute Gasteiger partial charge is 0.459 e. The van der Waals surface area contributed by atoms with Crippen LogP contribution < -0.4 is 0 Å². The number of ketones is 1. The van der Waals surface area contributed by atoms with E-state index in [-0.39, 0.29) is 47.7 Å². The van der Waals surface area contributed by atoms with Crippen molar-refractivity contribution in [3.8, 4) is 0 Å². The van der Waals surface area contributed by atoms with Crippen molar-refractivity contribution < 1.29 is 55.0 Å². The van der Waals surface area contributed by atoms with E-state index in [1.165, 1.54) is 23.5 Å². The molecule has 0 saturated carbocycles. The van der Waals surface area contributed by atoms with E-state index in [1.807, 2.05) is 20.8 Å². The molecule has 254 valence electrons. The van der Waals surface area contributed by atoms with E-state index in [0.717, 1.165) is 13.5 Å². The third-order valence-corrected chi connectivity index (χ3v) is 10.4. The molecule has 0 fully saturated rings. The zero-order valence-electron chi connectivity index (χ0n) is 26.0. The second kappa shape index (κ2) is 20.4. The molecule has 0 aromatic rings. The Balaban J connectivity index is 4.36. The molecule has 0 rings (SSSR count). The van der Waals surface area contributed by atoms with Crippen molar-refractivity contribution in [3.63, 3.8) is 0 Å². The molecule has 0 aromatic heterocycles. The Bertz CT molecular complexity index is 953. The number of sulfonamides is 1. The topological polar surface area (TPSA) is 126 Å². The zero-order chi connectivity index (χ0) is 33.3. The van der Waals surface area contributed by atoms with E-state index in [2.05, 4.69) is 4.84 Å². The molecule has 0 aliphatic rings. The first-order valence-corrected chi connectivity index (χ1v) is 18.3. The van der Waals surface area contributed by atoms with E-state index in [0.29, 0.717) is 30.3 Å². The van der Waals surface area contributed by atoms with Crippen LogP contribution in [0.15, 0.2) is 0 Å². The van der Waals surface area contributed by atoms with E-state index >= 15 is 0 Å². The fraction of sp³-hybridized carbons (Fsp3) is 0.885. The van der Waals surface area contributed by atoms with Crippen LogP contribution in [-0.2, 0) is 43.5 Å². The second-order valence-corrected chi connectivity index (χ2v) is 16.9. The van der Waals surface area contributed by atoms with Gasteiger partial charge in [0.15, 0.2) is 5.78 Å². The van der Waals surface area contributed by atoms with Gasteiger partial charge < -0.3 is 14.2 Å². The van der Waals surface area contributed by atoms with Crippen molar-refractivity contribution in [1.82, 2.24) is 3.87 Å². The average Bonchev–Trinajstić information content (AvgIpc) is 2.86. The molecular formula is C26H46F3NO9S4. The zero-order valence-corrected chi connectivity index (χ0v) is 29.2. The van der Waals surface area contributed by atoms with Crippen molar-refractivity contribution in [3.05, 3.63) is 0 Å². The molecule has 17 heteroatoms. The molecule has 0 aliphatic carbocycles. The predicted molar refractivity (Wildman–Crippen MR) is 165 cm³/mol. The molecule has 0 saturated heterocycles. The van der Waals surface area contributed by atoms with Crippen LogP contribution in [0.25, 0.3) is 0 Å². The van der Waals surface area contributed by atoms with Crippen LogP contribution in [0.1, 0.15) is 73.6 Å². The van der Waals surface area contributed by atoms with Crippen LogP contribution in [0.5, 0.6) is 0 Å². The number of alkyl halides is 3. The van der Waals surface area contributed by atoms with Gasteiger partial charge >= 0.3 is 17.4 Å². The Morgan fingerprint density at radius 3 is 1.98 bits per heavy atom. The van der Waals surface area contributed by atoms with Crippen LogP contribution in [0.4, 0.5) is 13.2 Å². The summed E-state index contributed by atoms with van der Waals surface area (Å²) in [4.78, 5) is 41.5. The number of carbonyl (C=O) groups excluding carboxylic acids is 3. The maximum Gasteiger partial charge on any atom is 0.459 e. The van der Waals surface area contributed by atoms with Crippen molar-refractivity contribution in [2.75, 3.05) is 49.9 Å². The second-order valence-electron chi connectivity index (χ2n) is 11.2. The van der Waals surface area contributed by atoms with Gasteiger partial charge in [-0.2, -0.15) is 24.9 Å². The molecule has 1 unspecified atom stereocenters. The number of carbonyl (C=O) groups is 3. The Morgan fingerprint density at radius 1 is 0.837 bits per heavy atom. The van der Waals surface area contributed by atoms with E-state index in [1.54, 1.807) is 20.8 Å². The summed E-state index contributed by atoms with van der Waals surface area (Å²) in [5, 5.41) is -0.554. The predicted octanol–water partition coefficient (Wildman–Crippen LogP) is 5.65. The first-order valence-electron chi connectivity index (χ1n) is 13.7. The first-order chi connectivity index (χ1) is 19.7. The molecule has 0 N–H and O–H groups in total. The summed E-state index contributed by atoms with van der Waals surface area (Å²) >= 11 is 1.89. The molecular weight excluding hydrogens is 656 g/mol. The van der Waals surface area contributed by atoms with Gasteiger partial charge in [0, 0.05) is 29.3 Å². The minimum absolute atomic E-state index is 0.0248. The summed E-state index contributed by atoms with van der Waals surface area (Å²) in [6, 6.07) is 0. The summed E-state index contributed by atoms with van der Waals surface area (Å²) in [6.07, 6.45) is 1.25. The minimum Gasteiger partial charge on any atom is -0.466 e. The van der Waals surface area contributed by atoms with Gasteiger partial charge in [-0.25, -0.2) is 8.42 Å². The number of rotatable bonds is 22. The maximum absolute atomic E-state index is 12.9. The van der Waals surface area contributed by atoms with Gasteiger partial charge in [0.05, 0.1) is 61.7 Å². The number of unbranched alkanes of at least 4 members (excludes halogenated alkanes) is 1. The normalized spacial score (nSPS) is 13.7. The maximum atomic E-state index is 12.9. The molecule has 0 aliphatic heterocycles. The van der Waals surface area contributed by atoms with Gasteiger partial charge in [0.2, 0.25) is 10.0 Å². The van der Waals surface area contributed by atoms with Crippen LogP contribution in [0.3, 0.4) is 0 Å². The number of Topliss-reactive ketones (excluding diaryl/α,β-unsaturated/α-hetero) is 1. The number of hydrogen-bond donors (Lipinski definition) is 0. The highest BCUT2D eigenvalue weighted by atomic mass is 32.3. The SMILES string of the molecule is CON(SC(F)(F)F)S(=O)(=O)CCCOC(=O)CCSCCSC(CC(=O)OCCCCOC(C)(C)C)C(=O)C(C)(C)C. The number of esters is 2.